The van der Waals surface area contributed by atoms with Gasteiger partial charge >= 0.3 is 0 Å². The molecule has 6 heteroatoms. The molecule has 6 nitrogen and oxygen atoms in total. The van der Waals surface area contributed by atoms with Crippen LogP contribution in [-0.4, -0.2) is 49.6 Å². The summed E-state index contributed by atoms with van der Waals surface area (Å²) >= 11 is 0. The van der Waals surface area contributed by atoms with E-state index in [2.05, 4.69) is 5.32 Å². The molecular weight excluding hydrogens is 286 g/mol. The highest BCUT2D eigenvalue weighted by Crippen LogP contribution is 2.29. The molecule has 1 aliphatic rings. The molecule has 1 amide bonds. The second-order valence-corrected chi connectivity index (χ2v) is 5.66. The molecule has 0 spiro atoms. The van der Waals surface area contributed by atoms with Crippen LogP contribution in [0.1, 0.15) is 24.5 Å². The van der Waals surface area contributed by atoms with Gasteiger partial charge in [-0.15, -0.1) is 0 Å². The average molecular weight is 309 g/mol. The molecule has 0 aliphatic carbocycles. The van der Waals surface area contributed by atoms with Crippen LogP contribution >= 0.6 is 0 Å². The Labute approximate surface area is 130 Å². The number of rotatable bonds is 6. The second kappa shape index (κ2) is 7.58. The van der Waals surface area contributed by atoms with Gasteiger partial charge in [0.05, 0.1) is 13.7 Å². The molecule has 2 rings (SSSR count). The maximum Gasteiger partial charge on any atom is 0.253 e. The van der Waals surface area contributed by atoms with Crippen molar-refractivity contribution < 1.29 is 24.5 Å². The summed E-state index contributed by atoms with van der Waals surface area (Å²) in [6.45, 7) is 1.49. The van der Waals surface area contributed by atoms with Gasteiger partial charge in [-0.3, -0.25) is 4.79 Å². The molecule has 22 heavy (non-hydrogen) atoms. The standard InChI is InChI=1S/C16H23NO5/c1-21-13-4-2-12(3-5-13)14(19)15(20)17-10-16(11-18)6-8-22-9-7-16/h2-5,14,18-19H,6-11H2,1H3,(H,17,20)/t14-/m1/s1. The Kier molecular flexibility index (Phi) is 5.76. The quantitative estimate of drug-likeness (QED) is 0.717. The number of hydrogen-bond acceptors (Lipinski definition) is 5. The van der Waals surface area contributed by atoms with E-state index in [9.17, 15) is 15.0 Å². The van der Waals surface area contributed by atoms with Crippen molar-refractivity contribution in [2.24, 2.45) is 5.41 Å². The van der Waals surface area contributed by atoms with E-state index in [-0.39, 0.29) is 12.0 Å². The highest BCUT2D eigenvalue weighted by Gasteiger charge is 2.33. The largest absolute Gasteiger partial charge is 0.497 e. The number of carbonyl (C=O) groups is 1. The first-order valence-electron chi connectivity index (χ1n) is 7.38. The highest BCUT2D eigenvalue weighted by molar-refractivity contribution is 5.81. The van der Waals surface area contributed by atoms with Crippen molar-refractivity contribution in [1.29, 1.82) is 0 Å². The fourth-order valence-electron chi connectivity index (χ4n) is 2.50. The second-order valence-electron chi connectivity index (χ2n) is 5.66. The van der Waals surface area contributed by atoms with E-state index in [1.807, 2.05) is 0 Å². The van der Waals surface area contributed by atoms with Crippen molar-refractivity contribution in [3.05, 3.63) is 29.8 Å². The molecule has 1 aromatic carbocycles. The molecule has 0 bridgehead atoms. The fourth-order valence-corrected chi connectivity index (χ4v) is 2.50. The fraction of sp³-hybridized carbons (Fsp3) is 0.562. The predicted octanol–water partition coefficient (Wildman–Crippen LogP) is 0.634. The van der Waals surface area contributed by atoms with Crippen LogP contribution in [0.3, 0.4) is 0 Å². The SMILES string of the molecule is COc1ccc([C@@H](O)C(=O)NCC2(CO)CCOCC2)cc1. The Morgan fingerprint density at radius 2 is 2.00 bits per heavy atom. The lowest BCUT2D eigenvalue weighted by Gasteiger charge is -2.35. The van der Waals surface area contributed by atoms with Crippen LogP contribution in [0.5, 0.6) is 5.75 Å². The average Bonchev–Trinajstić information content (AvgIpc) is 2.60. The summed E-state index contributed by atoms with van der Waals surface area (Å²) in [7, 11) is 1.56. The molecule has 3 N–H and O–H groups in total. The maximum atomic E-state index is 12.1. The lowest BCUT2D eigenvalue weighted by Crippen LogP contribution is -2.44. The minimum absolute atomic E-state index is 0.00469. The smallest absolute Gasteiger partial charge is 0.253 e. The Bertz CT molecular complexity index is 482. The molecule has 1 aromatic rings. The van der Waals surface area contributed by atoms with Crippen LogP contribution in [-0.2, 0) is 9.53 Å². The van der Waals surface area contributed by atoms with Gasteiger partial charge < -0.3 is 25.0 Å². The third kappa shape index (κ3) is 3.97. The number of aliphatic hydroxyl groups excluding tert-OH is 2. The van der Waals surface area contributed by atoms with Crippen LogP contribution in [0.25, 0.3) is 0 Å². The Morgan fingerprint density at radius 3 is 2.55 bits per heavy atom. The monoisotopic (exact) mass is 309 g/mol. The Balaban J connectivity index is 1.92. The number of nitrogens with one attached hydrogen (secondary N) is 1. The van der Waals surface area contributed by atoms with Gasteiger partial charge in [0, 0.05) is 25.2 Å². The van der Waals surface area contributed by atoms with E-state index >= 15 is 0 Å². The van der Waals surface area contributed by atoms with E-state index in [0.717, 1.165) is 0 Å². The summed E-state index contributed by atoms with van der Waals surface area (Å²) in [5.41, 5.74) is 0.149. The van der Waals surface area contributed by atoms with Gasteiger partial charge in [0.1, 0.15) is 5.75 Å². The lowest BCUT2D eigenvalue weighted by atomic mass is 9.81. The molecule has 1 fully saturated rings. The van der Waals surface area contributed by atoms with E-state index in [4.69, 9.17) is 9.47 Å². The number of carbonyl (C=O) groups excluding carboxylic acids is 1. The molecule has 122 valence electrons. The van der Waals surface area contributed by atoms with Crippen molar-refractivity contribution in [3.63, 3.8) is 0 Å². The summed E-state index contributed by atoms with van der Waals surface area (Å²) in [6, 6.07) is 6.69. The lowest BCUT2D eigenvalue weighted by molar-refractivity contribution is -0.130. The number of hydrogen-bond donors (Lipinski definition) is 3. The maximum absolute atomic E-state index is 12.1. The Morgan fingerprint density at radius 1 is 1.36 bits per heavy atom. The number of ether oxygens (including phenoxy) is 2. The van der Waals surface area contributed by atoms with Gasteiger partial charge in [-0.25, -0.2) is 0 Å². The van der Waals surface area contributed by atoms with Crippen molar-refractivity contribution in [1.82, 2.24) is 5.32 Å². The molecule has 0 radical (unpaired) electrons. The summed E-state index contributed by atoms with van der Waals surface area (Å²) in [6.07, 6.45) is 0.159. The molecular formula is C16H23NO5. The van der Waals surface area contributed by atoms with Gasteiger partial charge in [-0.2, -0.15) is 0 Å². The van der Waals surface area contributed by atoms with Crippen molar-refractivity contribution >= 4 is 5.91 Å². The number of aliphatic hydroxyl groups is 2. The number of benzene rings is 1. The normalized spacial score (nSPS) is 18.5. The van der Waals surface area contributed by atoms with Gasteiger partial charge in [0.2, 0.25) is 0 Å². The van der Waals surface area contributed by atoms with Crippen molar-refractivity contribution in [2.45, 2.75) is 18.9 Å². The van der Waals surface area contributed by atoms with E-state index < -0.39 is 12.0 Å². The summed E-state index contributed by atoms with van der Waals surface area (Å²) < 4.78 is 10.3. The topological polar surface area (TPSA) is 88.0 Å². The zero-order valence-corrected chi connectivity index (χ0v) is 12.7. The molecule has 1 atom stereocenters. The first kappa shape index (κ1) is 16.7. The van der Waals surface area contributed by atoms with E-state index in [1.165, 1.54) is 0 Å². The van der Waals surface area contributed by atoms with Crippen LogP contribution in [0.2, 0.25) is 0 Å². The minimum Gasteiger partial charge on any atom is -0.497 e. The third-order valence-corrected chi connectivity index (χ3v) is 4.21. The van der Waals surface area contributed by atoms with Gasteiger partial charge in [-0.1, -0.05) is 12.1 Å². The third-order valence-electron chi connectivity index (χ3n) is 4.21. The molecule has 1 heterocycles. The van der Waals surface area contributed by atoms with E-state index in [1.54, 1.807) is 31.4 Å². The summed E-state index contributed by atoms with van der Waals surface area (Å²) in [5.74, 6) is 0.197. The molecule has 1 aliphatic heterocycles. The molecule has 0 saturated carbocycles. The number of amides is 1. The van der Waals surface area contributed by atoms with Crippen molar-refractivity contribution in [2.75, 3.05) is 33.5 Å². The molecule has 1 saturated heterocycles. The van der Waals surface area contributed by atoms with E-state index in [0.29, 0.717) is 43.9 Å². The highest BCUT2D eigenvalue weighted by atomic mass is 16.5. The zero-order valence-electron chi connectivity index (χ0n) is 12.7. The first-order valence-corrected chi connectivity index (χ1v) is 7.38. The molecule has 0 aromatic heterocycles. The van der Waals surface area contributed by atoms with Crippen LogP contribution < -0.4 is 10.1 Å². The van der Waals surface area contributed by atoms with Crippen LogP contribution in [0.4, 0.5) is 0 Å². The van der Waals surface area contributed by atoms with Gasteiger partial charge in [0.15, 0.2) is 6.10 Å². The van der Waals surface area contributed by atoms with Crippen molar-refractivity contribution in [3.8, 4) is 5.75 Å². The summed E-state index contributed by atoms with van der Waals surface area (Å²) in [5, 5.41) is 22.4. The van der Waals surface area contributed by atoms with Crippen LogP contribution in [0, 0.1) is 5.41 Å². The predicted molar refractivity (Wildman–Crippen MR) is 80.5 cm³/mol. The van der Waals surface area contributed by atoms with Gasteiger partial charge in [-0.05, 0) is 30.5 Å². The first-order chi connectivity index (χ1) is 10.6. The molecule has 0 unspecified atom stereocenters. The Hall–Kier alpha value is -1.63. The zero-order chi connectivity index (χ0) is 16.0. The minimum atomic E-state index is -1.23. The number of methoxy groups -OCH3 is 1. The summed E-state index contributed by atoms with van der Waals surface area (Å²) in [4.78, 5) is 12.1. The van der Waals surface area contributed by atoms with Crippen LogP contribution in [0.15, 0.2) is 24.3 Å². The van der Waals surface area contributed by atoms with Gasteiger partial charge in [0.25, 0.3) is 5.91 Å².